The molecule has 0 aromatic heterocycles. The molecule has 0 aliphatic rings. The van der Waals surface area contributed by atoms with Crippen molar-refractivity contribution in [3.05, 3.63) is 33.9 Å². The van der Waals surface area contributed by atoms with Crippen LogP contribution in [0.4, 0.5) is 11.4 Å². The number of methoxy groups -OCH3 is 1. The Labute approximate surface area is 123 Å². The van der Waals surface area contributed by atoms with Crippen molar-refractivity contribution in [1.82, 2.24) is 5.32 Å². The SMILES string of the molecule is CNC(=O)c1ccc([N+](=O)[O-])c(NC(COC)C(C)C)c1. The van der Waals surface area contributed by atoms with Crippen molar-refractivity contribution in [2.75, 3.05) is 26.1 Å². The van der Waals surface area contributed by atoms with E-state index in [2.05, 4.69) is 10.6 Å². The van der Waals surface area contributed by atoms with Gasteiger partial charge in [0, 0.05) is 25.8 Å². The predicted molar refractivity (Wildman–Crippen MR) is 80.6 cm³/mol. The number of benzene rings is 1. The van der Waals surface area contributed by atoms with Crippen LogP contribution in [-0.4, -0.2) is 37.6 Å². The van der Waals surface area contributed by atoms with E-state index in [1.807, 2.05) is 13.8 Å². The van der Waals surface area contributed by atoms with E-state index in [1.165, 1.54) is 25.2 Å². The van der Waals surface area contributed by atoms with Crippen molar-refractivity contribution in [3.63, 3.8) is 0 Å². The summed E-state index contributed by atoms with van der Waals surface area (Å²) in [6, 6.07) is 4.16. The molecule has 1 rings (SSSR count). The number of anilines is 1. The Kier molecular flexibility index (Phi) is 6.10. The highest BCUT2D eigenvalue weighted by Gasteiger charge is 2.21. The van der Waals surface area contributed by atoms with Crippen LogP contribution in [0.15, 0.2) is 18.2 Å². The number of nitro groups is 1. The van der Waals surface area contributed by atoms with Crippen LogP contribution in [0, 0.1) is 16.0 Å². The summed E-state index contributed by atoms with van der Waals surface area (Å²) in [7, 11) is 3.09. The standard InChI is InChI=1S/C14H21N3O4/c1-9(2)12(8-21-4)16-11-7-10(14(18)15-3)5-6-13(11)17(19)20/h5-7,9,12,16H,8H2,1-4H3,(H,15,18). The summed E-state index contributed by atoms with van der Waals surface area (Å²) in [5.74, 6) is -0.0750. The number of rotatable bonds is 7. The molecule has 1 aromatic carbocycles. The molecule has 2 N–H and O–H groups in total. The van der Waals surface area contributed by atoms with E-state index in [1.54, 1.807) is 7.11 Å². The quantitative estimate of drug-likeness (QED) is 0.593. The maximum absolute atomic E-state index is 11.7. The number of ether oxygens (including phenoxy) is 1. The summed E-state index contributed by atoms with van der Waals surface area (Å²) in [5, 5.41) is 16.7. The summed E-state index contributed by atoms with van der Waals surface area (Å²) in [6.45, 7) is 4.40. The third kappa shape index (κ3) is 4.42. The molecule has 1 amide bonds. The minimum Gasteiger partial charge on any atom is -0.383 e. The molecular formula is C14H21N3O4. The molecule has 0 saturated carbocycles. The molecule has 0 fully saturated rings. The highest BCUT2D eigenvalue weighted by molar-refractivity contribution is 5.95. The number of carbonyl (C=O) groups excluding carboxylic acids is 1. The summed E-state index contributed by atoms with van der Waals surface area (Å²) >= 11 is 0. The van der Waals surface area contributed by atoms with E-state index < -0.39 is 4.92 Å². The van der Waals surface area contributed by atoms with E-state index in [-0.39, 0.29) is 23.6 Å². The molecule has 0 bridgehead atoms. The van der Waals surface area contributed by atoms with E-state index in [0.29, 0.717) is 17.9 Å². The summed E-state index contributed by atoms with van der Waals surface area (Å²) in [6.07, 6.45) is 0. The van der Waals surface area contributed by atoms with Gasteiger partial charge in [0.25, 0.3) is 11.6 Å². The van der Waals surface area contributed by atoms with Gasteiger partial charge in [-0.1, -0.05) is 13.8 Å². The molecule has 0 heterocycles. The molecule has 0 aliphatic carbocycles. The zero-order valence-electron chi connectivity index (χ0n) is 12.7. The van der Waals surface area contributed by atoms with Gasteiger partial charge < -0.3 is 15.4 Å². The van der Waals surface area contributed by atoms with Crippen LogP contribution in [-0.2, 0) is 4.74 Å². The molecule has 0 radical (unpaired) electrons. The van der Waals surface area contributed by atoms with Gasteiger partial charge in [0.1, 0.15) is 5.69 Å². The summed E-state index contributed by atoms with van der Waals surface area (Å²) in [4.78, 5) is 22.3. The molecule has 0 saturated heterocycles. The Bertz CT molecular complexity index is 517. The second kappa shape index (κ2) is 7.58. The number of amides is 1. The van der Waals surface area contributed by atoms with Crippen molar-refractivity contribution in [2.45, 2.75) is 19.9 Å². The average Bonchev–Trinajstić information content (AvgIpc) is 2.45. The zero-order valence-corrected chi connectivity index (χ0v) is 12.7. The molecule has 0 spiro atoms. The van der Waals surface area contributed by atoms with Crippen LogP contribution in [0.1, 0.15) is 24.2 Å². The first-order valence-corrected chi connectivity index (χ1v) is 6.66. The second-order valence-electron chi connectivity index (χ2n) is 5.02. The monoisotopic (exact) mass is 295 g/mol. The van der Waals surface area contributed by atoms with Gasteiger partial charge in [0.05, 0.1) is 17.6 Å². The van der Waals surface area contributed by atoms with Gasteiger partial charge >= 0.3 is 0 Å². The van der Waals surface area contributed by atoms with E-state index >= 15 is 0 Å². The minimum atomic E-state index is -0.472. The summed E-state index contributed by atoms with van der Waals surface area (Å²) < 4.78 is 5.13. The Balaban J connectivity index is 3.16. The highest BCUT2D eigenvalue weighted by Crippen LogP contribution is 2.27. The fourth-order valence-electron chi connectivity index (χ4n) is 1.88. The molecular weight excluding hydrogens is 274 g/mol. The lowest BCUT2D eigenvalue weighted by molar-refractivity contribution is -0.384. The fraction of sp³-hybridized carbons (Fsp3) is 0.500. The van der Waals surface area contributed by atoms with Crippen molar-refractivity contribution in [3.8, 4) is 0 Å². The maximum atomic E-state index is 11.7. The van der Waals surface area contributed by atoms with Gasteiger partial charge in [-0.3, -0.25) is 14.9 Å². The van der Waals surface area contributed by atoms with E-state index in [0.717, 1.165) is 0 Å². The number of hydrogen-bond donors (Lipinski definition) is 2. The van der Waals surface area contributed by atoms with Crippen molar-refractivity contribution in [2.24, 2.45) is 5.92 Å². The number of carbonyl (C=O) groups is 1. The van der Waals surface area contributed by atoms with Crippen LogP contribution < -0.4 is 10.6 Å². The molecule has 1 unspecified atom stereocenters. The van der Waals surface area contributed by atoms with Gasteiger partial charge in [-0.15, -0.1) is 0 Å². The van der Waals surface area contributed by atoms with Gasteiger partial charge in [-0.05, 0) is 18.1 Å². The Morgan fingerprint density at radius 2 is 2.10 bits per heavy atom. The highest BCUT2D eigenvalue weighted by atomic mass is 16.6. The van der Waals surface area contributed by atoms with Gasteiger partial charge in [0.15, 0.2) is 0 Å². The summed E-state index contributed by atoms with van der Waals surface area (Å²) in [5.41, 5.74) is 0.617. The lowest BCUT2D eigenvalue weighted by Crippen LogP contribution is -2.31. The van der Waals surface area contributed by atoms with E-state index in [4.69, 9.17) is 4.74 Å². The van der Waals surface area contributed by atoms with Crippen LogP contribution >= 0.6 is 0 Å². The smallest absolute Gasteiger partial charge is 0.292 e. The predicted octanol–water partition coefficient (Wildman–Crippen LogP) is 2.04. The number of nitro benzene ring substituents is 1. The van der Waals surface area contributed by atoms with Crippen LogP contribution in [0.2, 0.25) is 0 Å². The van der Waals surface area contributed by atoms with Gasteiger partial charge in [-0.2, -0.15) is 0 Å². The molecule has 1 aromatic rings. The minimum absolute atomic E-state index is 0.0654. The number of nitrogens with zero attached hydrogens (tertiary/aromatic N) is 1. The Morgan fingerprint density at radius 1 is 1.43 bits per heavy atom. The third-order valence-electron chi connectivity index (χ3n) is 3.17. The number of nitrogens with one attached hydrogen (secondary N) is 2. The molecule has 21 heavy (non-hydrogen) atoms. The van der Waals surface area contributed by atoms with Crippen LogP contribution in [0.25, 0.3) is 0 Å². The first kappa shape index (κ1) is 16.9. The van der Waals surface area contributed by atoms with Gasteiger partial charge in [0.2, 0.25) is 0 Å². The largest absolute Gasteiger partial charge is 0.383 e. The van der Waals surface area contributed by atoms with E-state index in [9.17, 15) is 14.9 Å². The van der Waals surface area contributed by atoms with Crippen LogP contribution in [0.3, 0.4) is 0 Å². The average molecular weight is 295 g/mol. The molecule has 1 atom stereocenters. The zero-order chi connectivity index (χ0) is 16.0. The fourth-order valence-corrected chi connectivity index (χ4v) is 1.88. The molecule has 0 aliphatic heterocycles. The maximum Gasteiger partial charge on any atom is 0.292 e. The van der Waals surface area contributed by atoms with Gasteiger partial charge in [-0.25, -0.2) is 0 Å². The molecule has 7 heteroatoms. The third-order valence-corrected chi connectivity index (χ3v) is 3.17. The van der Waals surface area contributed by atoms with Crippen molar-refractivity contribution < 1.29 is 14.5 Å². The van der Waals surface area contributed by atoms with Crippen LogP contribution in [0.5, 0.6) is 0 Å². The molecule has 116 valence electrons. The lowest BCUT2D eigenvalue weighted by Gasteiger charge is -2.22. The second-order valence-corrected chi connectivity index (χ2v) is 5.02. The first-order chi connectivity index (χ1) is 9.90. The topological polar surface area (TPSA) is 93.5 Å². The van der Waals surface area contributed by atoms with Crippen molar-refractivity contribution in [1.29, 1.82) is 0 Å². The Hall–Kier alpha value is -2.15. The lowest BCUT2D eigenvalue weighted by atomic mass is 10.0. The Morgan fingerprint density at radius 3 is 2.57 bits per heavy atom. The molecule has 7 nitrogen and oxygen atoms in total. The normalized spacial score (nSPS) is 12.0. The first-order valence-electron chi connectivity index (χ1n) is 6.66. The van der Waals surface area contributed by atoms with Crippen molar-refractivity contribution >= 4 is 17.3 Å². The number of hydrogen-bond acceptors (Lipinski definition) is 5.